The van der Waals surface area contributed by atoms with E-state index in [0.717, 1.165) is 0 Å². The van der Waals surface area contributed by atoms with Crippen molar-refractivity contribution in [1.29, 1.82) is 0 Å². The van der Waals surface area contributed by atoms with Gasteiger partial charge in [-0.05, 0) is 13.8 Å². The lowest BCUT2D eigenvalue weighted by Gasteiger charge is -2.02. The number of aryl methyl sites for hydroxylation is 1. The monoisotopic (exact) mass is 265 g/mol. The predicted molar refractivity (Wildman–Crippen MR) is 58.8 cm³/mol. The predicted octanol–water partition coefficient (Wildman–Crippen LogP) is 0.173. The molecule has 8 heteroatoms. The molecule has 1 rings (SSSR count). The minimum atomic E-state index is -3.83. The van der Waals surface area contributed by atoms with E-state index in [9.17, 15) is 13.2 Å². The van der Waals surface area contributed by atoms with Gasteiger partial charge in [0.2, 0.25) is 5.91 Å². The summed E-state index contributed by atoms with van der Waals surface area (Å²) < 4.78 is 23.8. The Kier molecular flexibility index (Phi) is 3.59. The van der Waals surface area contributed by atoms with Crippen molar-refractivity contribution in [2.75, 3.05) is 7.05 Å². The zero-order chi connectivity index (χ0) is 12.5. The van der Waals surface area contributed by atoms with Crippen molar-refractivity contribution in [3.63, 3.8) is 0 Å². The van der Waals surface area contributed by atoms with Crippen LogP contribution < -0.4 is 5.32 Å². The molecule has 0 unspecified atom stereocenters. The average Bonchev–Trinajstić information content (AvgIpc) is 2.40. The first-order valence-corrected chi connectivity index (χ1v) is 6.77. The molecule has 0 spiro atoms. The summed E-state index contributed by atoms with van der Waals surface area (Å²) in [5.74, 6) is -0.260. The molecule has 1 N–H and O–H groups in total. The summed E-state index contributed by atoms with van der Waals surface area (Å²) >= 11 is 0. The molecule has 90 valence electrons. The summed E-state index contributed by atoms with van der Waals surface area (Å²) in [6.07, 6.45) is 0. The van der Waals surface area contributed by atoms with E-state index in [2.05, 4.69) is 10.4 Å². The van der Waals surface area contributed by atoms with E-state index in [1.807, 2.05) is 0 Å². The van der Waals surface area contributed by atoms with E-state index in [-0.39, 0.29) is 23.0 Å². The highest BCUT2D eigenvalue weighted by molar-refractivity contribution is 8.13. The van der Waals surface area contributed by atoms with Crippen LogP contribution in [0, 0.1) is 13.8 Å². The summed E-state index contributed by atoms with van der Waals surface area (Å²) in [4.78, 5) is 11.1. The second-order valence-corrected chi connectivity index (χ2v) is 5.77. The molecule has 0 radical (unpaired) electrons. The Morgan fingerprint density at radius 1 is 1.50 bits per heavy atom. The van der Waals surface area contributed by atoms with Crippen LogP contribution in [0.25, 0.3) is 0 Å². The Hall–Kier alpha value is -1.08. The van der Waals surface area contributed by atoms with Crippen molar-refractivity contribution in [3.8, 4) is 0 Å². The second kappa shape index (κ2) is 4.42. The number of nitrogens with one attached hydrogen (secondary N) is 1. The number of hydrogen-bond donors (Lipinski definition) is 1. The maximum Gasteiger partial charge on any atom is 0.264 e. The fourth-order valence-electron chi connectivity index (χ4n) is 1.40. The van der Waals surface area contributed by atoms with Crippen LogP contribution >= 0.6 is 10.7 Å². The van der Waals surface area contributed by atoms with Crippen LogP contribution in [0.2, 0.25) is 0 Å². The second-order valence-electron chi connectivity index (χ2n) is 3.27. The molecule has 0 bridgehead atoms. The Morgan fingerprint density at radius 2 is 2.06 bits per heavy atom. The molecular formula is C8H12ClN3O3S. The molecule has 1 amide bonds. The normalized spacial score (nSPS) is 11.5. The highest BCUT2D eigenvalue weighted by atomic mass is 35.7. The number of rotatable bonds is 3. The maximum atomic E-state index is 11.3. The van der Waals surface area contributed by atoms with Crippen LogP contribution in [-0.4, -0.2) is 31.2 Å². The molecule has 0 saturated carbocycles. The van der Waals surface area contributed by atoms with Gasteiger partial charge in [0.1, 0.15) is 11.4 Å². The zero-order valence-corrected chi connectivity index (χ0v) is 10.7. The van der Waals surface area contributed by atoms with E-state index in [4.69, 9.17) is 10.7 Å². The summed E-state index contributed by atoms with van der Waals surface area (Å²) in [6, 6.07) is 0. The molecule has 1 heterocycles. The fraction of sp³-hybridized carbons (Fsp3) is 0.500. The molecule has 0 aromatic carbocycles. The molecule has 0 atom stereocenters. The number of amides is 1. The van der Waals surface area contributed by atoms with Crippen LogP contribution in [0.5, 0.6) is 0 Å². The summed E-state index contributed by atoms with van der Waals surface area (Å²) in [6.45, 7) is 3.05. The average molecular weight is 266 g/mol. The molecule has 0 fully saturated rings. The molecule has 6 nitrogen and oxygen atoms in total. The largest absolute Gasteiger partial charge is 0.358 e. The Balaban J connectivity index is 3.23. The van der Waals surface area contributed by atoms with Gasteiger partial charge in [-0.2, -0.15) is 5.10 Å². The van der Waals surface area contributed by atoms with Crippen LogP contribution in [0.15, 0.2) is 4.90 Å². The lowest BCUT2D eigenvalue weighted by Crippen LogP contribution is -2.24. The van der Waals surface area contributed by atoms with Gasteiger partial charge in [0.15, 0.2) is 0 Å². The van der Waals surface area contributed by atoms with Gasteiger partial charge in [-0.25, -0.2) is 8.42 Å². The lowest BCUT2D eigenvalue weighted by atomic mass is 10.4. The standard InChI is InChI=1S/C8H12ClN3O3S/c1-5-8(16(9,14)15)6(2)12(11-5)4-7(13)10-3/h4H2,1-3H3,(H,10,13). The van der Waals surface area contributed by atoms with Gasteiger partial charge in [0, 0.05) is 17.7 Å². The number of carbonyl (C=O) groups is 1. The van der Waals surface area contributed by atoms with E-state index < -0.39 is 9.05 Å². The summed E-state index contributed by atoms with van der Waals surface area (Å²) in [5, 5.41) is 6.38. The molecule has 0 saturated heterocycles. The van der Waals surface area contributed by atoms with E-state index >= 15 is 0 Å². The number of carbonyl (C=O) groups excluding carboxylic acids is 1. The summed E-state index contributed by atoms with van der Waals surface area (Å²) in [5.41, 5.74) is 0.646. The van der Waals surface area contributed by atoms with Crippen LogP contribution in [-0.2, 0) is 20.4 Å². The Labute approximate surface area is 98.0 Å². The third-order valence-corrected chi connectivity index (χ3v) is 3.67. The van der Waals surface area contributed by atoms with Gasteiger partial charge in [0.05, 0.1) is 11.4 Å². The number of halogens is 1. The molecule has 0 aliphatic rings. The first-order chi connectivity index (χ1) is 7.27. The third-order valence-electron chi connectivity index (χ3n) is 2.13. The smallest absolute Gasteiger partial charge is 0.264 e. The highest BCUT2D eigenvalue weighted by Gasteiger charge is 2.22. The fourth-order valence-corrected chi connectivity index (χ4v) is 2.92. The van der Waals surface area contributed by atoms with Gasteiger partial charge in [-0.1, -0.05) is 0 Å². The number of nitrogens with zero attached hydrogens (tertiary/aromatic N) is 2. The zero-order valence-electron chi connectivity index (χ0n) is 9.11. The Bertz CT molecular complexity index is 521. The van der Waals surface area contributed by atoms with E-state index in [1.54, 1.807) is 6.92 Å². The van der Waals surface area contributed by atoms with Crippen molar-refractivity contribution in [2.45, 2.75) is 25.3 Å². The van der Waals surface area contributed by atoms with Crippen LogP contribution in [0.4, 0.5) is 0 Å². The maximum absolute atomic E-state index is 11.3. The molecular weight excluding hydrogens is 254 g/mol. The summed E-state index contributed by atoms with van der Waals surface area (Å²) in [7, 11) is 2.94. The van der Waals surface area contributed by atoms with Gasteiger partial charge >= 0.3 is 0 Å². The van der Waals surface area contributed by atoms with Crippen LogP contribution in [0.1, 0.15) is 11.4 Å². The first kappa shape index (κ1) is 13.0. The van der Waals surface area contributed by atoms with Crippen molar-refractivity contribution in [1.82, 2.24) is 15.1 Å². The number of hydrogen-bond acceptors (Lipinski definition) is 4. The van der Waals surface area contributed by atoms with E-state index in [1.165, 1.54) is 18.7 Å². The topological polar surface area (TPSA) is 81.1 Å². The van der Waals surface area contributed by atoms with Crippen molar-refractivity contribution in [3.05, 3.63) is 11.4 Å². The SMILES string of the molecule is CNC(=O)Cn1nc(C)c(S(=O)(=O)Cl)c1C. The lowest BCUT2D eigenvalue weighted by molar-refractivity contribution is -0.121. The molecule has 16 heavy (non-hydrogen) atoms. The third kappa shape index (κ3) is 2.53. The molecule has 1 aromatic heterocycles. The van der Waals surface area contributed by atoms with Gasteiger partial charge in [-0.15, -0.1) is 0 Å². The quantitative estimate of drug-likeness (QED) is 0.790. The molecule has 1 aromatic rings. The minimum Gasteiger partial charge on any atom is -0.358 e. The highest BCUT2D eigenvalue weighted by Crippen LogP contribution is 2.22. The van der Waals surface area contributed by atoms with Gasteiger partial charge < -0.3 is 5.32 Å². The number of likely N-dealkylation sites (N-methyl/N-ethyl adjacent to an activating group) is 1. The van der Waals surface area contributed by atoms with Crippen molar-refractivity contribution >= 4 is 25.6 Å². The molecule has 0 aliphatic carbocycles. The van der Waals surface area contributed by atoms with E-state index in [0.29, 0.717) is 5.69 Å². The Morgan fingerprint density at radius 3 is 2.44 bits per heavy atom. The van der Waals surface area contributed by atoms with Crippen LogP contribution in [0.3, 0.4) is 0 Å². The van der Waals surface area contributed by atoms with Gasteiger partial charge in [0.25, 0.3) is 9.05 Å². The van der Waals surface area contributed by atoms with Gasteiger partial charge in [-0.3, -0.25) is 9.48 Å². The number of aromatic nitrogens is 2. The minimum absolute atomic E-state index is 0.0296. The van der Waals surface area contributed by atoms with Crippen molar-refractivity contribution < 1.29 is 13.2 Å². The van der Waals surface area contributed by atoms with Crippen molar-refractivity contribution in [2.24, 2.45) is 0 Å². The molecule has 0 aliphatic heterocycles. The first-order valence-electron chi connectivity index (χ1n) is 4.46.